The predicted octanol–water partition coefficient (Wildman–Crippen LogP) is 2.89. The Labute approximate surface area is 142 Å². The lowest BCUT2D eigenvalue weighted by Crippen LogP contribution is -2.52. The molecule has 0 amide bonds. The summed E-state index contributed by atoms with van der Waals surface area (Å²) in [7, 11) is -2.11. The number of rotatable bonds is 8. The maximum atomic E-state index is 12.3. The summed E-state index contributed by atoms with van der Waals surface area (Å²) < 4.78 is 7.67. The quantitative estimate of drug-likeness (QED) is 0.403. The highest BCUT2D eigenvalue weighted by Gasteiger charge is 2.50. The highest BCUT2D eigenvalue weighted by atomic mass is 28.4. The lowest BCUT2D eigenvalue weighted by Gasteiger charge is -2.44. The zero-order chi connectivity index (χ0) is 17.9. The van der Waals surface area contributed by atoms with Gasteiger partial charge in [-0.3, -0.25) is 0 Å². The summed E-state index contributed by atoms with van der Waals surface area (Å²) in [6, 6.07) is 0. The van der Waals surface area contributed by atoms with E-state index < -0.39 is 20.3 Å². The standard InChI is InChI=1S/C17H35NO4Si/c1-11(2)23(12(3)4,13(5)6)22-16-8-9-18(21)17(16)15(10-19)14(7)20/h11-16,19-20H,8-10H2,1-7H3/t14-,15-,16-/m0/s1. The summed E-state index contributed by atoms with van der Waals surface area (Å²) in [6.45, 7) is 15.1. The van der Waals surface area contributed by atoms with Gasteiger partial charge in [0.2, 0.25) is 8.32 Å². The first-order valence-corrected chi connectivity index (χ1v) is 11.0. The normalized spacial score (nSPS) is 22.5. The lowest BCUT2D eigenvalue weighted by atomic mass is 9.95. The minimum Gasteiger partial charge on any atom is -0.624 e. The van der Waals surface area contributed by atoms with Gasteiger partial charge in [-0.25, -0.2) is 4.74 Å². The first-order chi connectivity index (χ1) is 10.6. The Morgan fingerprint density at radius 2 is 1.61 bits per heavy atom. The van der Waals surface area contributed by atoms with Gasteiger partial charge in [0.05, 0.1) is 18.6 Å². The summed E-state index contributed by atoms with van der Waals surface area (Å²) >= 11 is 0. The van der Waals surface area contributed by atoms with E-state index in [1.807, 2.05) is 0 Å². The molecule has 0 radical (unpaired) electrons. The summed E-state index contributed by atoms with van der Waals surface area (Å²) in [5.74, 6) is -0.543. The van der Waals surface area contributed by atoms with E-state index in [9.17, 15) is 15.4 Å². The summed E-state index contributed by atoms with van der Waals surface area (Å²) in [4.78, 5) is 0. The van der Waals surface area contributed by atoms with Gasteiger partial charge in [0.15, 0.2) is 12.3 Å². The largest absolute Gasteiger partial charge is 0.624 e. The van der Waals surface area contributed by atoms with Crippen molar-refractivity contribution < 1.29 is 19.4 Å². The zero-order valence-electron chi connectivity index (χ0n) is 15.7. The Morgan fingerprint density at radius 3 is 1.96 bits per heavy atom. The van der Waals surface area contributed by atoms with E-state index >= 15 is 0 Å². The lowest BCUT2D eigenvalue weighted by molar-refractivity contribution is -0.451. The topological polar surface area (TPSA) is 75.8 Å². The number of hydrogen-bond donors (Lipinski definition) is 2. The molecule has 6 heteroatoms. The molecule has 0 unspecified atom stereocenters. The first-order valence-electron chi connectivity index (χ1n) is 8.87. The van der Waals surface area contributed by atoms with Gasteiger partial charge in [-0.05, 0) is 23.5 Å². The molecule has 23 heavy (non-hydrogen) atoms. The third-order valence-corrected chi connectivity index (χ3v) is 11.5. The second-order valence-electron chi connectivity index (χ2n) is 7.77. The third-order valence-electron chi connectivity index (χ3n) is 5.42. The van der Waals surface area contributed by atoms with Crippen molar-refractivity contribution in [3.05, 3.63) is 5.21 Å². The third kappa shape index (κ3) is 3.98. The van der Waals surface area contributed by atoms with Crippen molar-refractivity contribution in [1.29, 1.82) is 0 Å². The Kier molecular flexibility index (Phi) is 7.26. The van der Waals surface area contributed by atoms with Crippen molar-refractivity contribution in [1.82, 2.24) is 0 Å². The predicted molar refractivity (Wildman–Crippen MR) is 96.3 cm³/mol. The molecule has 1 aliphatic rings. The van der Waals surface area contributed by atoms with Crippen molar-refractivity contribution >= 4 is 14.0 Å². The van der Waals surface area contributed by atoms with Crippen LogP contribution in [0.3, 0.4) is 0 Å². The molecular weight excluding hydrogens is 310 g/mol. The molecule has 1 aliphatic heterocycles. The molecule has 2 N–H and O–H groups in total. The molecular formula is C17H35NO4Si. The van der Waals surface area contributed by atoms with Gasteiger partial charge in [0.1, 0.15) is 6.10 Å². The van der Waals surface area contributed by atoms with Crippen molar-refractivity contribution in [3.63, 3.8) is 0 Å². The highest BCUT2D eigenvalue weighted by Crippen LogP contribution is 2.44. The van der Waals surface area contributed by atoms with Crippen LogP contribution in [-0.4, -0.2) is 54.3 Å². The Bertz CT molecular complexity index is 399. The maximum Gasteiger partial charge on any atom is 0.201 e. The van der Waals surface area contributed by atoms with Crippen molar-refractivity contribution in [2.75, 3.05) is 13.2 Å². The molecule has 1 rings (SSSR count). The van der Waals surface area contributed by atoms with E-state index in [-0.39, 0.29) is 12.7 Å². The van der Waals surface area contributed by atoms with Gasteiger partial charge in [0, 0.05) is 6.42 Å². The van der Waals surface area contributed by atoms with E-state index in [0.717, 1.165) is 4.74 Å². The van der Waals surface area contributed by atoms with E-state index in [2.05, 4.69) is 41.5 Å². The molecule has 0 aromatic carbocycles. The Morgan fingerprint density at radius 1 is 1.13 bits per heavy atom. The summed E-state index contributed by atoms with van der Waals surface area (Å²) in [6.07, 6.45) is -0.398. The van der Waals surface area contributed by atoms with Crippen molar-refractivity contribution in [3.8, 4) is 0 Å². The SMILES string of the molecule is CC(C)[Si](O[C@H]1CC[N+]([O-])=C1[C@@H](CO)[C@H](C)O)(C(C)C)C(C)C. The van der Waals surface area contributed by atoms with Crippen LogP contribution in [0.4, 0.5) is 0 Å². The average molecular weight is 346 g/mol. The molecule has 0 aromatic heterocycles. The molecule has 0 bridgehead atoms. The number of aliphatic hydroxyl groups excluding tert-OH is 2. The molecule has 3 atom stereocenters. The summed E-state index contributed by atoms with van der Waals surface area (Å²) in [5.41, 5.74) is 1.83. The molecule has 0 saturated carbocycles. The van der Waals surface area contributed by atoms with Gasteiger partial charge in [0.25, 0.3) is 0 Å². The highest BCUT2D eigenvalue weighted by molar-refractivity contribution is 6.77. The Hall–Kier alpha value is -0.433. The van der Waals surface area contributed by atoms with E-state index in [4.69, 9.17) is 4.43 Å². The van der Waals surface area contributed by atoms with Gasteiger partial charge >= 0.3 is 0 Å². The van der Waals surface area contributed by atoms with Crippen LogP contribution in [0.25, 0.3) is 0 Å². The van der Waals surface area contributed by atoms with Crippen LogP contribution in [-0.2, 0) is 4.43 Å². The van der Waals surface area contributed by atoms with Crippen LogP contribution < -0.4 is 0 Å². The smallest absolute Gasteiger partial charge is 0.201 e. The first kappa shape index (κ1) is 20.6. The fourth-order valence-corrected chi connectivity index (χ4v) is 9.91. The van der Waals surface area contributed by atoms with E-state index in [1.165, 1.54) is 0 Å². The van der Waals surface area contributed by atoms with E-state index in [1.54, 1.807) is 6.92 Å². The molecule has 5 nitrogen and oxygen atoms in total. The van der Waals surface area contributed by atoms with Crippen LogP contribution in [0.5, 0.6) is 0 Å². The minimum absolute atomic E-state index is 0.231. The van der Waals surface area contributed by atoms with Crippen LogP contribution in [0, 0.1) is 11.1 Å². The number of aliphatic hydroxyl groups is 2. The van der Waals surface area contributed by atoms with Gasteiger partial charge in [-0.1, -0.05) is 41.5 Å². The van der Waals surface area contributed by atoms with Gasteiger partial charge in [-0.2, -0.15) is 0 Å². The Balaban J connectivity index is 3.18. The molecule has 0 saturated heterocycles. The fraction of sp³-hybridized carbons (Fsp3) is 0.941. The second-order valence-corrected chi connectivity index (χ2v) is 13.2. The molecule has 1 heterocycles. The van der Waals surface area contributed by atoms with Crippen molar-refractivity contribution in [2.24, 2.45) is 5.92 Å². The molecule has 0 aromatic rings. The van der Waals surface area contributed by atoms with Crippen LogP contribution in [0.2, 0.25) is 16.6 Å². The zero-order valence-corrected chi connectivity index (χ0v) is 16.7. The number of hydroxylamine groups is 1. The molecule has 0 spiro atoms. The van der Waals surface area contributed by atoms with Crippen LogP contribution in [0.15, 0.2) is 0 Å². The molecule has 136 valence electrons. The van der Waals surface area contributed by atoms with Gasteiger partial charge < -0.3 is 19.8 Å². The van der Waals surface area contributed by atoms with Crippen LogP contribution >= 0.6 is 0 Å². The van der Waals surface area contributed by atoms with E-state index in [0.29, 0.717) is 35.3 Å². The number of nitrogens with zero attached hydrogens (tertiary/aromatic N) is 1. The molecule has 0 aliphatic carbocycles. The monoisotopic (exact) mass is 345 g/mol. The maximum absolute atomic E-state index is 12.3. The fourth-order valence-electron chi connectivity index (χ4n) is 4.36. The average Bonchev–Trinajstić information content (AvgIpc) is 2.77. The molecule has 0 fully saturated rings. The van der Waals surface area contributed by atoms with Gasteiger partial charge in [-0.15, -0.1) is 0 Å². The second kappa shape index (κ2) is 8.10. The number of hydrogen-bond acceptors (Lipinski definition) is 4. The minimum atomic E-state index is -2.11. The van der Waals surface area contributed by atoms with Crippen molar-refractivity contribution in [2.45, 2.75) is 83.7 Å². The van der Waals surface area contributed by atoms with Crippen LogP contribution in [0.1, 0.15) is 54.9 Å². The summed E-state index contributed by atoms with van der Waals surface area (Å²) in [5, 5.41) is 31.8.